The monoisotopic (exact) mass is 497 g/mol. The number of hydrogen-bond acceptors (Lipinski definition) is 8. The van der Waals surface area contributed by atoms with Crippen molar-refractivity contribution in [3.63, 3.8) is 0 Å². The Hall–Kier alpha value is -2.85. The first-order chi connectivity index (χ1) is 16.9. The van der Waals surface area contributed by atoms with E-state index in [0.29, 0.717) is 34.3 Å². The lowest BCUT2D eigenvalue weighted by atomic mass is 9.84. The summed E-state index contributed by atoms with van der Waals surface area (Å²) in [5.41, 5.74) is 1.46. The number of tetrazole rings is 1. The highest BCUT2D eigenvalue weighted by molar-refractivity contribution is 6.32. The van der Waals surface area contributed by atoms with Crippen LogP contribution in [0.1, 0.15) is 64.1 Å². The molecule has 4 heterocycles. The quantitative estimate of drug-likeness (QED) is 0.506. The predicted molar refractivity (Wildman–Crippen MR) is 132 cm³/mol. The molecule has 1 saturated carbocycles. The summed E-state index contributed by atoms with van der Waals surface area (Å²) in [4.78, 5) is 11.2. The van der Waals surface area contributed by atoms with Gasteiger partial charge >= 0.3 is 0 Å². The maximum absolute atomic E-state index is 14.7. The molecule has 1 aromatic carbocycles. The van der Waals surface area contributed by atoms with Gasteiger partial charge < -0.3 is 10.6 Å². The van der Waals surface area contributed by atoms with Gasteiger partial charge in [-0.1, -0.05) is 11.6 Å². The molecule has 9 nitrogen and oxygen atoms in total. The highest BCUT2D eigenvalue weighted by Gasteiger charge is 2.43. The van der Waals surface area contributed by atoms with Crippen molar-refractivity contribution < 1.29 is 4.39 Å². The fraction of sp³-hybridized carbons (Fsp3) is 0.542. The number of fused-ring (bicyclic) bond motifs is 1. The molecule has 6 rings (SSSR count). The zero-order valence-electron chi connectivity index (χ0n) is 19.9. The maximum Gasteiger partial charge on any atom is 0.229 e. The Bertz CT molecular complexity index is 1240. The Morgan fingerprint density at radius 1 is 1.20 bits per heavy atom. The third-order valence-electron chi connectivity index (χ3n) is 7.41. The number of halogens is 2. The second kappa shape index (κ2) is 8.67. The minimum Gasteiger partial charge on any atom is -0.365 e. The van der Waals surface area contributed by atoms with Crippen LogP contribution in [0.25, 0.3) is 5.69 Å². The first-order valence-electron chi connectivity index (χ1n) is 12.3. The standard InChI is InChI=1S/C24H29ClFN9/c1-24(2)12-16(10-17-4-3-9-34(17)24)28-21-19(26)13-27-23(30-21)29-15-7-8-18(25)20(11-15)35-22(14-5-6-14)31-32-33-35/h7-8,11,13-14,16-17H,3-6,9-10,12H2,1-2H3,(H2,27,28,29,30). The van der Waals surface area contributed by atoms with Gasteiger partial charge in [-0.3, -0.25) is 4.90 Å². The number of hydrogen-bond donors (Lipinski definition) is 2. The molecule has 2 N–H and O–H groups in total. The lowest BCUT2D eigenvalue weighted by molar-refractivity contribution is 0.0500. The van der Waals surface area contributed by atoms with E-state index < -0.39 is 5.82 Å². The second-order valence-corrected chi connectivity index (χ2v) is 10.9. The predicted octanol–water partition coefficient (Wildman–Crippen LogP) is 4.68. The Kier molecular flexibility index (Phi) is 5.60. The third-order valence-corrected chi connectivity index (χ3v) is 7.73. The van der Waals surface area contributed by atoms with Crippen LogP contribution in [-0.2, 0) is 0 Å². The average Bonchev–Trinajstić information content (AvgIpc) is 3.33. The van der Waals surface area contributed by atoms with E-state index in [-0.39, 0.29) is 17.4 Å². The molecule has 0 radical (unpaired) electrons. The van der Waals surface area contributed by atoms with Crippen LogP contribution in [0, 0.1) is 5.82 Å². The van der Waals surface area contributed by atoms with Gasteiger partial charge in [0.1, 0.15) is 0 Å². The van der Waals surface area contributed by atoms with Crippen LogP contribution in [0.2, 0.25) is 5.02 Å². The number of rotatable bonds is 6. The molecule has 0 amide bonds. The number of aromatic nitrogens is 6. The summed E-state index contributed by atoms with van der Waals surface area (Å²) in [5, 5.41) is 19.2. The van der Waals surface area contributed by atoms with Gasteiger partial charge in [-0.05, 0) is 87.5 Å². The van der Waals surface area contributed by atoms with Crippen LogP contribution in [0.3, 0.4) is 0 Å². The van der Waals surface area contributed by atoms with Crippen molar-refractivity contribution in [1.82, 2.24) is 35.1 Å². The molecule has 2 saturated heterocycles. The van der Waals surface area contributed by atoms with Crippen molar-refractivity contribution in [3.05, 3.63) is 41.1 Å². The van der Waals surface area contributed by atoms with Gasteiger partial charge in [0.25, 0.3) is 0 Å². The van der Waals surface area contributed by atoms with Gasteiger partial charge in [0.15, 0.2) is 17.5 Å². The second-order valence-electron chi connectivity index (χ2n) is 10.5. The van der Waals surface area contributed by atoms with E-state index in [0.717, 1.165) is 38.1 Å². The molecule has 3 aromatic rings. The van der Waals surface area contributed by atoms with Gasteiger partial charge in [-0.2, -0.15) is 9.67 Å². The highest BCUT2D eigenvalue weighted by atomic mass is 35.5. The Morgan fingerprint density at radius 2 is 2.06 bits per heavy atom. The van der Waals surface area contributed by atoms with E-state index in [1.54, 1.807) is 10.7 Å². The van der Waals surface area contributed by atoms with Crippen molar-refractivity contribution in [2.45, 2.75) is 75.9 Å². The van der Waals surface area contributed by atoms with Crippen LogP contribution in [0.4, 0.5) is 21.8 Å². The van der Waals surface area contributed by atoms with Crippen molar-refractivity contribution >= 4 is 29.1 Å². The maximum atomic E-state index is 14.7. The first kappa shape index (κ1) is 22.6. The normalized spacial score (nSPS) is 23.8. The largest absolute Gasteiger partial charge is 0.365 e. The fourth-order valence-electron chi connectivity index (χ4n) is 5.69. The Morgan fingerprint density at radius 3 is 2.89 bits per heavy atom. The molecular formula is C24H29ClFN9. The molecule has 2 atom stereocenters. The lowest BCUT2D eigenvalue weighted by Gasteiger charge is -2.47. The number of benzene rings is 1. The van der Waals surface area contributed by atoms with E-state index in [9.17, 15) is 4.39 Å². The number of anilines is 3. The van der Waals surface area contributed by atoms with E-state index in [2.05, 4.69) is 54.9 Å². The molecule has 1 aliphatic carbocycles. The summed E-state index contributed by atoms with van der Waals surface area (Å²) in [6.45, 7) is 5.70. The topological polar surface area (TPSA) is 96.7 Å². The SMILES string of the molecule is CC1(C)CC(Nc2nc(Nc3ccc(Cl)c(-n4nnnc4C4CC4)c3)ncc2F)CC2CCCN21. The molecule has 3 aliphatic rings. The van der Waals surface area contributed by atoms with Crippen LogP contribution in [-0.4, -0.2) is 59.2 Å². The Labute approximate surface area is 208 Å². The average molecular weight is 498 g/mol. The van der Waals surface area contributed by atoms with Crippen LogP contribution in [0.5, 0.6) is 0 Å². The molecule has 11 heteroatoms. The van der Waals surface area contributed by atoms with Crippen LogP contribution < -0.4 is 10.6 Å². The van der Waals surface area contributed by atoms with Gasteiger partial charge in [0.05, 0.1) is 16.9 Å². The molecule has 2 aliphatic heterocycles. The summed E-state index contributed by atoms with van der Waals surface area (Å²) in [6, 6.07) is 6.15. The van der Waals surface area contributed by atoms with E-state index in [1.807, 2.05) is 12.1 Å². The molecule has 3 fully saturated rings. The molecule has 2 unspecified atom stereocenters. The summed E-state index contributed by atoms with van der Waals surface area (Å²) < 4.78 is 16.4. The minimum atomic E-state index is -0.457. The number of nitrogens with zero attached hydrogens (tertiary/aromatic N) is 7. The van der Waals surface area contributed by atoms with E-state index in [1.165, 1.54) is 19.0 Å². The number of piperidine rings is 1. The lowest BCUT2D eigenvalue weighted by Crippen LogP contribution is -2.55. The summed E-state index contributed by atoms with van der Waals surface area (Å²) in [5.74, 6) is 1.25. The molecule has 0 spiro atoms. The van der Waals surface area contributed by atoms with E-state index >= 15 is 0 Å². The van der Waals surface area contributed by atoms with Crippen molar-refractivity contribution in [2.24, 2.45) is 0 Å². The van der Waals surface area contributed by atoms with Gasteiger partial charge in [-0.15, -0.1) is 5.10 Å². The van der Waals surface area contributed by atoms with Crippen molar-refractivity contribution in [2.75, 3.05) is 17.2 Å². The molecule has 2 aromatic heterocycles. The zero-order chi connectivity index (χ0) is 24.2. The van der Waals surface area contributed by atoms with Crippen molar-refractivity contribution in [3.8, 4) is 5.69 Å². The van der Waals surface area contributed by atoms with Crippen LogP contribution >= 0.6 is 11.6 Å². The molecule has 35 heavy (non-hydrogen) atoms. The van der Waals surface area contributed by atoms with Gasteiger partial charge in [0.2, 0.25) is 5.95 Å². The van der Waals surface area contributed by atoms with Gasteiger partial charge in [0, 0.05) is 29.2 Å². The van der Waals surface area contributed by atoms with E-state index in [4.69, 9.17) is 11.6 Å². The molecule has 184 valence electrons. The van der Waals surface area contributed by atoms with Gasteiger partial charge in [-0.25, -0.2) is 9.37 Å². The Balaban J connectivity index is 1.21. The zero-order valence-corrected chi connectivity index (χ0v) is 20.6. The van der Waals surface area contributed by atoms with Crippen molar-refractivity contribution in [1.29, 1.82) is 0 Å². The first-order valence-corrected chi connectivity index (χ1v) is 12.7. The summed E-state index contributed by atoms with van der Waals surface area (Å²) in [6.07, 6.45) is 7.71. The molecule has 0 bridgehead atoms. The summed E-state index contributed by atoms with van der Waals surface area (Å²) in [7, 11) is 0. The fourth-order valence-corrected chi connectivity index (χ4v) is 5.88. The highest BCUT2D eigenvalue weighted by Crippen LogP contribution is 2.40. The smallest absolute Gasteiger partial charge is 0.229 e. The van der Waals surface area contributed by atoms with Crippen LogP contribution in [0.15, 0.2) is 24.4 Å². The molecular weight excluding hydrogens is 469 g/mol. The minimum absolute atomic E-state index is 0.0803. The number of nitrogens with one attached hydrogen (secondary N) is 2. The third kappa shape index (κ3) is 4.45. The summed E-state index contributed by atoms with van der Waals surface area (Å²) >= 11 is 6.47.